The van der Waals surface area contributed by atoms with Gasteiger partial charge in [0.1, 0.15) is 6.61 Å². The number of amides is 2. The Kier molecular flexibility index (Phi) is 2.81. The maximum Gasteiger partial charge on any atom is 0.413 e. The van der Waals surface area contributed by atoms with Gasteiger partial charge in [-0.15, -0.1) is 0 Å². The van der Waals surface area contributed by atoms with Gasteiger partial charge >= 0.3 is 6.09 Å². The Morgan fingerprint density at radius 2 is 2.05 bits per heavy atom. The van der Waals surface area contributed by atoms with E-state index >= 15 is 0 Å². The highest BCUT2D eigenvalue weighted by Crippen LogP contribution is 2.17. The highest BCUT2D eigenvalue weighted by molar-refractivity contribution is 5.96. The summed E-state index contributed by atoms with van der Waals surface area (Å²) in [6.45, 7) is 2.27. The molecule has 1 aromatic carbocycles. The fourth-order valence-corrected chi connectivity index (χ4v) is 2.49. The molecule has 0 spiro atoms. The molecular formula is C13H13N3O4. The zero-order chi connectivity index (χ0) is 14.3. The van der Waals surface area contributed by atoms with Crippen LogP contribution in [0.15, 0.2) is 29.1 Å². The standard InChI is InChI=1S/C13H13N3O4/c1-2-15-9-6-4-3-5-8(9)12(18)16(15)10-7-20-13(19)14-11(10)17/h3-6,10H,2,7H2,1H3,(H,14,17,19). The Hall–Kier alpha value is -2.57. The molecule has 2 aromatic rings. The van der Waals surface area contributed by atoms with Crippen molar-refractivity contribution >= 4 is 22.9 Å². The lowest BCUT2D eigenvalue weighted by molar-refractivity contribution is -0.128. The number of benzene rings is 1. The first kappa shape index (κ1) is 12.5. The minimum atomic E-state index is -0.840. The van der Waals surface area contributed by atoms with Crippen molar-refractivity contribution in [2.45, 2.75) is 19.5 Å². The summed E-state index contributed by atoms with van der Waals surface area (Å²) in [5.74, 6) is -0.527. The first-order valence-electron chi connectivity index (χ1n) is 6.31. The number of hydrogen-bond acceptors (Lipinski definition) is 4. The average molecular weight is 275 g/mol. The number of hydrogen-bond donors (Lipinski definition) is 1. The van der Waals surface area contributed by atoms with Gasteiger partial charge in [0.2, 0.25) is 0 Å². The topological polar surface area (TPSA) is 82.3 Å². The average Bonchev–Trinajstić information content (AvgIpc) is 2.72. The number of nitrogens with zero attached hydrogens (tertiary/aromatic N) is 2. The van der Waals surface area contributed by atoms with Crippen LogP contribution in [0.3, 0.4) is 0 Å². The molecule has 2 heterocycles. The van der Waals surface area contributed by atoms with Gasteiger partial charge in [0.15, 0.2) is 6.04 Å². The van der Waals surface area contributed by atoms with Gasteiger partial charge in [-0.05, 0) is 19.1 Å². The van der Waals surface area contributed by atoms with Crippen LogP contribution in [0, 0.1) is 0 Å². The van der Waals surface area contributed by atoms with E-state index in [0.717, 1.165) is 5.52 Å². The van der Waals surface area contributed by atoms with Crippen molar-refractivity contribution in [1.82, 2.24) is 14.7 Å². The molecule has 1 atom stereocenters. The van der Waals surface area contributed by atoms with E-state index in [1.165, 1.54) is 4.68 Å². The molecule has 7 heteroatoms. The van der Waals surface area contributed by atoms with Gasteiger partial charge in [0, 0.05) is 6.54 Å². The van der Waals surface area contributed by atoms with Crippen molar-refractivity contribution in [3.05, 3.63) is 34.6 Å². The Labute approximate surface area is 113 Å². The molecule has 1 saturated heterocycles. The highest BCUT2D eigenvalue weighted by Gasteiger charge is 2.32. The molecule has 1 N–H and O–H groups in total. The molecular weight excluding hydrogens is 262 g/mol. The second-order valence-corrected chi connectivity index (χ2v) is 4.49. The number of alkyl carbamates (subject to hydrolysis) is 1. The summed E-state index contributed by atoms with van der Waals surface area (Å²) >= 11 is 0. The molecule has 1 unspecified atom stereocenters. The Balaban J connectivity index is 2.21. The lowest BCUT2D eigenvalue weighted by Gasteiger charge is -2.24. The molecule has 0 aliphatic carbocycles. The number of carbonyl (C=O) groups excluding carboxylic acids is 2. The summed E-state index contributed by atoms with van der Waals surface area (Å²) < 4.78 is 7.90. The SMILES string of the molecule is CCn1c2ccccc2c(=O)n1C1COC(=O)NC1=O. The number of aromatic nitrogens is 2. The molecule has 104 valence electrons. The molecule has 20 heavy (non-hydrogen) atoms. The smallest absolute Gasteiger partial charge is 0.413 e. The van der Waals surface area contributed by atoms with Crippen LogP contribution >= 0.6 is 0 Å². The van der Waals surface area contributed by atoms with Crippen molar-refractivity contribution in [3.63, 3.8) is 0 Å². The zero-order valence-electron chi connectivity index (χ0n) is 10.8. The maximum atomic E-state index is 12.5. The quantitative estimate of drug-likeness (QED) is 0.871. The summed E-state index contributed by atoms with van der Waals surface area (Å²) in [4.78, 5) is 35.4. The van der Waals surface area contributed by atoms with Crippen LogP contribution < -0.4 is 10.9 Å². The number of fused-ring (bicyclic) bond motifs is 1. The fourth-order valence-electron chi connectivity index (χ4n) is 2.49. The Bertz CT molecular complexity index is 759. The molecule has 1 aliphatic rings. The number of aryl methyl sites for hydroxylation is 1. The van der Waals surface area contributed by atoms with Crippen molar-refractivity contribution in [2.24, 2.45) is 0 Å². The minimum absolute atomic E-state index is 0.138. The predicted octanol–water partition coefficient (Wildman–Crippen LogP) is 0.630. The minimum Gasteiger partial charge on any atom is -0.446 e. The van der Waals surface area contributed by atoms with Crippen LogP contribution in [0.5, 0.6) is 0 Å². The second kappa shape index (κ2) is 4.52. The third-order valence-electron chi connectivity index (χ3n) is 3.38. The van der Waals surface area contributed by atoms with Crippen LogP contribution in [0.1, 0.15) is 13.0 Å². The van der Waals surface area contributed by atoms with Crippen LogP contribution in [0.25, 0.3) is 10.9 Å². The number of nitrogens with one attached hydrogen (secondary N) is 1. The third kappa shape index (κ3) is 1.70. The summed E-state index contributed by atoms with van der Waals surface area (Å²) in [5, 5.41) is 2.62. The maximum absolute atomic E-state index is 12.5. The van der Waals surface area contributed by atoms with Crippen molar-refractivity contribution in [2.75, 3.05) is 6.61 Å². The number of rotatable bonds is 2. The predicted molar refractivity (Wildman–Crippen MR) is 70.4 cm³/mol. The number of imide groups is 1. The monoisotopic (exact) mass is 275 g/mol. The van der Waals surface area contributed by atoms with E-state index in [2.05, 4.69) is 5.32 Å². The van der Waals surface area contributed by atoms with Crippen molar-refractivity contribution < 1.29 is 14.3 Å². The normalized spacial score (nSPS) is 18.9. The first-order chi connectivity index (χ1) is 9.63. The van der Waals surface area contributed by atoms with Crippen molar-refractivity contribution in [3.8, 4) is 0 Å². The lowest BCUT2D eigenvalue weighted by Crippen LogP contribution is -2.48. The summed E-state index contributed by atoms with van der Waals surface area (Å²) in [7, 11) is 0. The van der Waals surface area contributed by atoms with Crippen LogP contribution in [-0.4, -0.2) is 28.0 Å². The molecule has 2 amide bonds. The van der Waals surface area contributed by atoms with E-state index in [0.29, 0.717) is 11.9 Å². The molecule has 3 rings (SSSR count). The molecule has 7 nitrogen and oxygen atoms in total. The molecule has 0 radical (unpaired) electrons. The summed E-state index contributed by atoms with van der Waals surface area (Å²) in [6, 6.07) is 6.30. The van der Waals surface area contributed by atoms with Gasteiger partial charge in [0.05, 0.1) is 10.9 Å². The Morgan fingerprint density at radius 3 is 2.75 bits per heavy atom. The number of cyclic esters (lactones) is 1. The second-order valence-electron chi connectivity index (χ2n) is 4.49. The number of para-hydroxylation sites is 1. The van der Waals surface area contributed by atoms with Gasteiger partial charge in [-0.2, -0.15) is 0 Å². The van der Waals surface area contributed by atoms with Crippen LogP contribution in [0.2, 0.25) is 0 Å². The van der Waals surface area contributed by atoms with Gasteiger partial charge in [-0.3, -0.25) is 19.6 Å². The fraction of sp³-hybridized carbons (Fsp3) is 0.308. The van der Waals surface area contributed by atoms with E-state index in [4.69, 9.17) is 4.74 Å². The molecule has 0 bridgehead atoms. The van der Waals surface area contributed by atoms with Gasteiger partial charge in [0.25, 0.3) is 11.5 Å². The largest absolute Gasteiger partial charge is 0.446 e. The number of carbonyl (C=O) groups is 2. The first-order valence-corrected chi connectivity index (χ1v) is 6.31. The van der Waals surface area contributed by atoms with Gasteiger partial charge < -0.3 is 4.74 Å². The molecule has 1 aromatic heterocycles. The van der Waals surface area contributed by atoms with Crippen LogP contribution in [-0.2, 0) is 16.1 Å². The van der Waals surface area contributed by atoms with Crippen LogP contribution in [0.4, 0.5) is 4.79 Å². The lowest BCUT2D eigenvalue weighted by atomic mass is 10.2. The van der Waals surface area contributed by atoms with E-state index in [1.807, 2.05) is 19.1 Å². The third-order valence-corrected chi connectivity index (χ3v) is 3.38. The van der Waals surface area contributed by atoms with Gasteiger partial charge in [-0.25, -0.2) is 9.48 Å². The van der Waals surface area contributed by atoms with Crippen molar-refractivity contribution in [1.29, 1.82) is 0 Å². The summed E-state index contributed by atoms with van der Waals surface area (Å²) in [6.07, 6.45) is -0.779. The Morgan fingerprint density at radius 1 is 1.30 bits per heavy atom. The van der Waals surface area contributed by atoms with E-state index in [-0.39, 0.29) is 12.2 Å². The highest BCUT2D eigenvalue weighted by atomic mass is 16.6. The van der Waals surface area contributed by atoms with E-state index in [9.17, 15) is 14.4 Å². The molecule has 1 fully saturated rings. The van der Waals surface area contributed by atoms with E-state index in [1.54, 1.807) is 16.8 Å². The zero-order valence-corrected chi connectivity index (χ0v) is 10.8. The molecule has 1 aliphatic heterocycles. The van der Waals surface area contributed by atoms with E-state index < -0.39 is 18.0 Å². The van der Waals surface area contributed by atoms with Gasteiger partial charge in [-0.1, -0.05) is 12.1 Å². The molecule has 0 saturated carbocycles. The summed E-state index contributed by atoms with van der Waals surface area (Å²) in [5.41, 5.74) is 0.491. The number of ether oxygens (including phenoxy) is 1.